The zero-order chi connectivity index (χ0) is 12.4. The van der Waals surface area contributed by atoms with Gasteiger partial charge in [0, 0.05) is 19.2 Å². The first-order valence-electron chi connectivity index (χ1n) is 6.49. The van der Waals surface area contributed by atoms with E-state index < -0.39 is 0 Å². The van der Waals surface area contributed by atoms with Crippen LogP contribution in [0.4, 0.5) is 0 Å². The zero-order valence-corrected chi connectivity index (χ0v) is 11.6. The average molecular weight is 231 g/mol. The molecule has 0 aliphatic heterocycles. The molecule has 0 spiro atoms. The van der Waals surface area contributed by atoms with Crippen LogP contribution in [0.25, 0.3) is 0 Å². The number of ether oxygens (including phenoxy) is 2. The SMILES string of the molecule is CCC(C)NCC(C)OCCOCC(C)C. The molecule has 0 aromatic heterocycles. The van der Waals surface area contributed by atoms with E-state index in [1.54, 1.807) is 0 Å². The molecule has 0 aromatic rings. The fourth-order valence-corrected chi connectivity index (χ4v) is 1.20. The minimum absolute atomic E-state index is 0.261. The van der Waals surface area contributed by atoms with Crippen LogP contribution in [0.5, 0.6) is 0 Å². The highest BCUT2D eigenvalue weighted by atomic mass is 16.5. The van der Waals surface area contributed by atoms with Gasteiger partial charge in [-0.3, -0.25) is 0 Å². The van der Waals surface area contributed by atoms with Crippen molar-refractivity contribution in [3.63, 3.8) is 0 Å². The average Bonchev–Trinajstić information content (AvgIpc) is 2.24. The van der Waals surface area contributed by atoms with Crippen LogP contribution in [0.3, 0.4) is 0 Å². The Labute approximate surface area is 101 Å². The summed E-state index contributed by atoms with van der Waals surface area (Å²) in [7, 11) is 0. The van der Waals surface area contributed by atoms with Gasteiger partial charge in [-0.1, -0.05) is 20.8 Å². The molecule has 0 bridgehead atoms. The third-order valence-corrected chi connectivity index (χ3v) is 2.45. The number of nitrogens with one attached hydrogen (secondary N) is 1. The highest BCUT2D eigenvalue weighted by Gasteiger charge is 2.04. The molecule has 1 N–H and O–H groups in total. The summed E-state index contributed by atoms with van der Waals surface area (Å²) in [6.45, 7) is 13.9. The van der Waals surface area contributed by atoms with E-state index in [1.807, 2.05) is 0 Å². The fourth-order valence-electron chi connectivity index (χ4n) is 1.20. The van der Waals surface area contributed by atoms with E-state index >= 15 is 0 Å². The minimum atomic E-state index is 0.261. The molecule has 0 amide bonds. The van der Waals surface area contributed by atoms with E-state index in [0.717, 1.165) is 19.6 Å². The van der Waals surface area contributed by atoms with E-state index in [0.29, 0.717) is 25.2 Å². The number of hydrogen-bond acceptors (Lipinski definition) is 3. The van der Waals surface area contributed by atoms with Crippen LogP contribution in [0.15, 0.2) is 0 Å². The van der Waals surface area contributed by atoms with Crippen molar-refractivity contribution in [2.75, 3.05) is 26.4 Å². The van der Waals surface area contributed by atoms with Gasteiger partial charge in [0.1, 0.15) is 0 Å². The second kappa shape index (κ2) is 10.1. The van der Waals surface area contributed by atoms with Crippen LogP contribution in [0.2, 0.25) is 0 Å². The van der Waals surface area contributed by atoms with Crippen LogP contribution in [0.1, 0.15) is 41.0 Å². The van der Waals surface area contributed by atoms with E-state index in [1.165, 1.54) is 0 Å². The Hall–Kier alpha value is -0.120. The van der Waals surface area contributed by atoms with E-state index in [9.17, 15) is 0 Å². The Morgan fingerprint density at radius 2 is 1.75 bits per heavy atom. The van der Waals surface area contributed by atoms with E-state index in [2.05, 4.69) is 39.9 Å². The summed E-state index contributed by atoms with van der Waals surface area (Å²) in [5, 5.41) is 3.43. The molecular weight excluding hydrogens is 202 g/mol. The highest BCUT2D eigenvalue weighted by molar-refractivity contribution is 4.61. The van der Waals surface area contributed by atoms with Crippen molar-refractivity contribution in [3.8, 4) is 0 Å². The summed E-state index contributed by atoms with van der Waals surface area (Å²) in [5.74, 6) is 0.601. The zero-order valence-electron chi connectivity index (χ0n) is 11.6. The summed E-state index contributed by atoms with van der Waals surface area (Å²) in [4.78, 5) is 0. The van der Waals surface area contributed by atoms with Gasteiger partial charge >= 0.3 is 0 Å². The molecule has 0 aliphatic rings. The summed E-state index contributed by atoms with van der Waals surface area (Å²) < 4.78 is 11.1. The molecule has 3 heteroatoms. The molecule has 0 saturated carbocycles. The maximum absolute atomic E-state index is 5.63. The molecule has 0 aliphatic carbocycles. The van der Waals surface area contributed by atoms with Crippen molar-refractivity contribution in [2.45, 2.75) is 53.2 Å². The minimum Gasteiger partial charge on any atom is -0.379 e. The van der Waals surface area contributed by atoms with Crippen molar-refractivity contribution in [1.29, 1.82) is 0 Å². The molecule has 2 atom stereocenters. The largest absolute Gasteiger partial charge is 0.379 e. The van der Waals surface area contributed by atoms with Gasteiger partial charge in [-0.2, -0.15) is 0 Å². The van der Waals surface area contributed by atoms with Crippen LogP contribution < -0.4 is 5.32 Å². The molecule has 98 valence electrons. The Balaban J connectivity index is 3.27. The van der Waals surface area contributed by atoms with Crippen LogP contribution in [-0.4, -0.2) is 38.5 Å². The monoisotopic (exact) mass is 231 g/mol. The van der Waals surface area contributed by atoms with Crippen molar-refractivity contribution in [2.24, 2.45) is 5.92 Å². The Bertz CT molecular complexity index is 151. The van der Waals surface area contributed by atoms with Crippen LogP contribution in [0, 0.1) is 5.92 Å². The molecule has 0 rings (SSSR count). The summed E-state index contributed by atoms with van der Waals surface area (Å²) in [6.07, 6.45) is 1.42. The maximum atomic E-state index is 5.63. The smallest absolute Gasteiger partial charge is 0.0704 e. The molecule has 16 heavy (non-hydrogen) atoms. The van der Waals surface area contributed by atoms with Crippen molar-refractivity contribution >= 4 is 0 Å². The Kier molecular flexibility index (Phi) is 9.99. The first-order valence-corrected chi connectivity index (χ1v) is 6.49. The second-order valence-electron chi connectivity index (χ2n) is 4.87. The molecule has 0 saturated heterocycles. The fraction of sp³-hybridized carbons (Fsp3) is 1.00. The van der Waals surface area contributed by atoms with Gasteiger partial charge in [-0.05, 0) is 26.2 Å². The first kappa shape index (κ1) is 15.9. The summed E-state index contributed by atoms with van der Waals surface area (Å²) >= 11 is 0. The van der Waals surface area contributed by atoms with Gasteiger partial charge in [-0.25, -0.2) is 0 Å². The molecule has 0 radical (unpaired) electrons. The lowest BCUT2D eigenvalue weighted by molar-refractivity contribution is 0.00600. The molecule has 0 aromatic carbocycles. The third-order valence-electron chi connectivity index (χ3n) is 2.45. The first-order chi connectivity index (χ1) is 7.56. The molecule has 0 heterocycles. The number of hydrogen-bond donors (Lipinski definition) is 1. The maximum Gasteiger partial charge on any atom is 0.0704 e. The molecular formula is C13H29NO2. The lowest BCUT2D eigenvalue weighted by Crippen LogP contribution is -2.33. The number of rotatable bonds is 10. The summed E-state index contributed by atoms with van der Waals surface area (Å²) in [6, 6.07) is 0.572. The highest BCUT2D eigenvalue weighted by Crippen LogP contribution is 1.95. The predicted molar refractivity (Wildman–Crippen MR) is 68.8 cm³/mol. The molecule has 3 nitrogen and oxygen atoms in total. The van der Waals surface area contributed by atoms with Crippen molar-refractivity contribution < 1.29 is 9.47 Å². The van der Waals surface area contributed by atoms with Gasteiger partial charge in [0.25, 0.3) is 0 Å². The summed E-state index contributed by atoms with van der Waals surface area (Å²) in [5.41, 5.74) is 0. The van der Waals surface area contributed by atoms with Gasteiger partial charge in [-0.15, -0.1) is 0 Å². The third kappa shape index (κ3) is 10.4. The lowest BCUT2D eigenvalue weighted by Gasteiger charge is -2.17. The molecule has 2 unspecified atom stereocenters. The van der Waals surface area contributed by atoms with Gasteiger partial charge in [0.2, 0.25) is 0 Å². The predicted octanol–water partition coefficient (Wildman–Crippen LogP) is 2.45. The normalized spacial score (nSPS) is 15.4. The van der Waals surface area contributed by atoms with Gasteiger partial charge in [0.15, 0.2) is 0 Å². The van der Waals surface area contributed by atoms with E-state index in [-0.39, 0.29) is 6.10 Å². The van der Waals surface area contributed by atoms with Crippen molar-refractivity contribution in [1.82, 2.24) is 5.32 Å². The van der Waals surface area contributed by atoms with Crippen LogP contribution in [-0.2, 0) is 9.47 Å². The van der Waals surface area contributed by atoms with Gasteiger partial charge < -0.3 is 14.8 Å². The second-order valence-corrected chi connectivity index (χ2v) is 4.87. The Morgan fingerprint density at radius 3 is 2.31 bits per heavy atom. The van der Waals surface area contributed by atoms with Crippen molar-refractivity contribution in [3.05, 3.63) is 0 Å². The molecule has 0 fully saturated rings. The topological polar surface area (TPSA) is 30.5 Å². The van der Waals surface area contributed by atoms with Gasteiger partial charge in [0.05, 0.1) is 19.3 Å². The van der Waals surface area contributed by atoms with E-state index in [4.69, 9.17) is 9.47 Å². The Morgan fingerprint density at radius 1 is 1.06 bits per heavy atom. The standard InChI is InChI=1S/C13H29NO2/c1-6-12(4)14-9-13(5)16-8-7-15-10-11(2)3/h11-14H,6-10H2,1-5H3. The van der Waals surface area contributed by atoms with Crippen LogP contribution >= 0.6 is 0 Å². The quantitative estimate of drug-likeness (QED) is 0.586. The lowest BCUT2D eigenvalue weighted by atomic mass is 10.2.